The van der Waals surface area contributed by atoms with Crippen molar-refractivity contribution in [1.29, 1.82) is 0 Å². The van der Waals surface area contributed by atoms with Crippen molar-refractivity contribution < 1.29 is 23.9 Å². The van der Waals surface area contributed by atoms with E-state index in [0.29, 0.717) is 17.1 Å². The van der Waals surface area contributed by atoms with Crippen LogP contribution >= 0.6 is 0 Å². The fraction of sp³-hybridized carbons (Fsp3) is 0.429. The molecule has 1 N–H and O–H groups in total. The summed E-state index contributed by atoms with van der Waals surface area (Å²) in [6.07, 6.45) is 1.28. The maximum Gasteiger partial charge on any atom is 0.336 e. The first kappa shape index (κ1) is 17.3. The number of nitrogens with zero attached hydrogens (tertiary/aromatic N) is 1. The van der Waals surface area contributed by atoms with Crippen LogP contribution in [-0.2, 0) is 11.4 Å². The molecule has 0 aliphatic carbocycles. The van der Waals surface area contributed by atoms with Crippen molar-refractivity contribution in [1.82, 2.24) is 0 Å². The highest BCUT2D eigenvalue weighted by Crippen LogP contribution is 2.30. The van der Waals surface area contributed by atoms with E-state index < -0.39 is 22.1 Å². The van der Waals surface area contributed by atoms with Crippen LogP contribution in [0.5, 0.6) is 11.5 Å². The van der Waals surface area contributed by atoms with E-state index in [0.717, 1.165) is 0 Å². The Kier molecular flexibility index (Phi) is 5.62. The van der Waals surface area contributed by atoms with Gasteiger partial charge in [-0.15, -0.1) is 0 Å². The number of benzene rings is 1. The maximum absolute atomic E-state index is 11.9. The van der Waals surface area contributed by atoms with Crippen molar-refractivity contribution in [2.45, 2.75) is 25.5 Å². The highest BCUT2D eigenvalue weighted by molar-refractivity contribution is 7.91. The average Bonchev–Trinajstić information content (AvgIpc) is 2.42. The van der Waals surface area contributed by atoms with E-state index in [9.17, 15) is 14.5 Å². The molecule has 0 unspecified atom stereocenters. The van der Waals surface area contributed by atoms with Crippen LogP contribution in [0.1, 0.15) is 36.7 Å². The summed E-state index contributed by atoms with van der Waals surface area (Å²) in [7, 11) is 2.87. The number of carbonyl (C=O) groups is 1. The fourth-order valence-electron chi connectivity index (χ4n) is 1.45. The van der Waals surface area contributed by atoms with Gasteiger partial charge in [-0.25, -0.2) is 4.79 Å². The predicted octanol–water partition coefficient (Wildman–Crippen LogP) is 2.28. The van der Waals surface area contributed by atoms with Gasteiger partial charge in [0.25, 0.3) is 0 Å². The van der Waals surface area contributed by atoms with E-state index in [2.05, 4.69) is 4.40 Å². The van der Waals surface area contributed by atoms with Crippen molar-refractivity contribution in [3.8, 4) is 11.5 Å². The summed E-state index contributed by atoms with van der Waals surface area (Å²) in [5.74, 6) is -0.437. The van der Waals surface area contributed by atoms with Crippen LogP contribution in [0.3, 0.4) is 0 Å². The van der Waals surface area contributed by atoms with Crippen molar-refractivity contribution in [3.63, 3.8) is 0 Å². The smallest absolute Gasteiger partial charge is 0.336 e. The van der Waals surface area contributed by atoms with Crippen LogP contribution < -0.4 is 9.47 Å². The minimum atomic E-state index is -1.47. The van der Waals surface area contributed by atoms with E-state index in [1.165, 1.54) is 32.6 Å². The number of carboxylic acids is 1. The summed E-state index contributed by atoms with van der Waals surface area (Å²) in [6.45, 7) is 5.35. The molecule has 7 heteroatoms. The highest BCUT2D eigenvalue weighted by atomic mass is 32.2. The molecule has 116 valence electrons. The van der Waals surface area contributed by atoms with Gasteiger partial charge in [-0.3, -0.25) is 0 Å². The second-order valence-corrected chi connectivity index (χ2v) is 7.13. The molecule has 0 aliphatic heterocycles. The average molecular weight is 313 g/mol. The number of rotatable bonds is 5. The summed E-state index contributed by atoms with van der Waals surface area (Å²) in [5, 5.41) is 9.24. The molecular weight excluding hydrogens is 294 g/mol. The zero-order valence-corrected chi connectivity index (χ0v) is 13.5. The lowest BCUT2D eigenvalue weighted by atomic mass is 10.1. The Morgan fingerprint density at radius 1 is 1.29 bits per heavy atom. The Morgan fingerprint density at radius 2 is 1.81 bits per heavy atom. The van der Waals surface area contributed by atoms with Crippen LogP contribution in [0.2, 0.25) is 0 Å². The monoisotopic (exact) mass is 313 g/mol. The van der Waals surface area contributed by atoms with Gasteiger partial charge in [0.05, 0.1) is 26.0 Å². The van der Waals surface area contributed by atoms with Crippen LogP contribution in [0.15, 0.2) is 16.5 Å². The van der Waals surface area contributed by atoms with E-state index in [-0.39, 0.29) is 5.56 Å². The lowest BCUT2D eigenvalue weighted by Gasteiger charge is -2.18. The minimum absolute atomic E-state index is 0.00214. The Labute approximate surface area is 127 Å². The zero-order chi connectivity index (χ0) is 16.2. The molecule has 1 atom stereocenters. The number of carboxylic acid groups (broad SMARTS) is 1. The van der Waals surface area contributed by atoms with Gasteiger partial charge in [-0.2, -0.15) is 0 Å². The molecule has 1 aromatic carbocycles. The zero-order valence-electron chi connectivity index (χ0n) is 12.7. The fourth-order valence-corrected chi connectivity index (χ4v) is 1.98. The minimum Gasteiger partial charge on any atom is -0.591 e. The van der Waals surface area contributed by atoms with E-state index >= 15 is 0 Å². The molecule has 1 rings (SSSR count). The number of ether oxygens (including phenoxy) is 2. The van der Waals surface area contributed by atoms with Crippen LogP contribution in [0.4, 0.5) is 0 Å². The molecule has 21 heavy (non-hydrogen) atoms. The Balaban J connectivity index is 3.27. The van der Waals surface area contributed by atoms with Gasteiger partial charge in [0.1, 0.15) is 16.1 Å². The van der Waals surface area contributed by atoms with Gasteiger partial charge >= 0.3 is 5.97 Å². The van der Waals surface area contributed by atoms with Gasteiger partial charge in [0, 0.05) is 5.56 Å². The summed E-state index contributed by atoms with van der Waals surface area (Å²) in [6, 6.07) is 2.84. The Hall–Kier alpha value is -1.73. The second-order valence-electron chi connectivity index (χ2n) is 5.20. The van der Waals surface area contributed by atoms with Gasteiger partial charge in [-0.05, 0) is 32.9 Å². The number of hydrogen-bond donors (Lipinski definition) is 1. The second kappa shape index (κ2) is 6.82. The number of methoxy groups -OCH3 is 2. The highest BCUT2D eigenvalue weighted by Gasteiger charge is 2.26. The Morgan fingerprint density at radius 3 is 2.24 bits per heavy atom. The molecule has 0 radical (unpaired) electrons. The maximum atomic E-state index is 11.9. The molecule has 0 fully saturated rings. The standard InChI is InChI=1S/C14H19NO5S/c1-14(2,3)21(18)15-8-9-6-11(19-4)12(20-5)7-10(9)13(16)17/h6-8H,1-5H3,(H,16,17)/b15-8+/t21-/m0/s1. The molecule has 0 heterocycles. The van der Waals surface area contributed by atoms with E-state index in [1.807, 2.05) is 0 Å². The number of hydrogen-bond acceptors (Lipinski definition) is 5. The Bertz CT molecular complexity index is 551. The quantitative estimate of drug-likeness (QED) is 0.665. The lowest BCUT2D eigenvalue weighted by Crippen LogP contribution is -2.25. The molecule has 0 spiro atoms. The van der Waals surface area contributed by atoms with Gasteiger partial charge in [0.2, 0.25) is 0 Å². The lowest BCUT2D eigenvalue weighted by molar-refractivity contribution is 0.0696. The first-order chi connectivity index (χ1) is 9.70. The molecule has 0 amide bonds. The van der Waals surface area contributed by atoms with Crippen molar-refractivity contribution in [2.75, 3.05) is 14.2 Å². The topological polar surface area (TPSA) is 91.2 Å². The van der Waals surface area contributed by atoms with Crippen molar-refractivity contribution in [3.05, 3.63) is 23.3 Å². The van der Waals surface area contributed by atoms with Crippen LogP contribution in [0, 0.1) is 0 Å². The van der Waals surface area contributed by atoms with E-state index in [4.69, 9.17) is 9.47 Å². The molecule has 0 bridgehead atoms. The molecule has 0 aromatic heterocycles. The van der Waals surface area contributed by atoms with E-state index in [1.54, 1.807) is 20.8 Å². The SMILES string of the molecule is COc1cc(/C=N/[S@@+]([O-])C(C)(C)C)c(C(=O)O)cc1OC. The third kappa shape index (κ3) is 4.37. The first-order valence-electron chi connectivity index (χ1n) is 6.16. The van der Waals surface area contributed by atoms with Crippen molar-refractivity contribution >= 4 is 23.5 Å². The molecule has 6 nitrogen and oxygen atoms in total. The first-order valence-corrected chi connectivity index (χ1v) is 7.26. The predicted molar refractivity (Wildman–Crippen MR) is 82.0 cm³/mol. The van der Waals surface area contributed by atoms with Gasteiger partial charge in [-0.1, -0.05) is 4.40 Å². The van der Waals surface area contributed by atoms with Crippen LogP contribution in [0.25, 0.3) is 0 Å². The summed E-state index contributed by atoms with van der Waals surface area (Å²) >= 11 is -1.47. The van der Waals surface area contributed by atoms with Gasteiger partial charge < -0.3 is 19.1 Å². The summed E-state index contributed by atoms with van der Waals surface area (Å²) < 4.78 is 25.5. The molecule has 0 aliphatic rings. The molecule has 1 aromatic rings. The largest absolute Gasteiger partial charge is 0.591 e. The molecule has 0 saturated carbocycles. The van der Waals surface area contributed by atoms with Crippen LogP contribution in [-0.4, -0.2) is 40.8 Å². The summed E-state index contributed by atoms with van der Waals surface area (Å²) in [5.41, 5.74) is 0.306. The van der Waals surface area contributed by atoms with Crippen molar-refractivity contribution in [2.24, 2.45) is 4.40 Å². The third-order valence-electron chi connectivity index (χ3n) is 2.60. The van der Waals surface area contributed by atoms with Gasteiger partial charge in [0.15, 0.2) is 11.5 Å². The molecular formula is C14H19NO5S. The molecule has 0 saturated heterocycles. The normalized spacial score (nSPS) is 13.2. The number of aromatic carboxylic acids is 1. The third-order valence-corrected chi connectivity index (χ3v) is 3.94. The summed E-state index contributed by atoms with van der Waals surface area (Å²) in [4.78, 5) is 11.3.